The average Bonchev–Trinajstić information content (AvgIpc) is 3.07. The number of unbranched alkanes of at least 4 members (excludes halogenated alkanes) is 13. The summed E-state index contributed by atoms with van der Waals surface area (Å²) in [5, 5.41) is 19.6. The monoisotopic (exact) mass is 608 g/mol. The molecule has 0 spiro atoms. The lowest BCUT2D eigenvalue weighted by Crippen LogP contribution is -2.10. The van der Waals surface area contributed by atoms with Crippen LogP contribution in [0.25, 0.3) is 11.4 Å². The fourth-order valence-electron chi connectivity index (χ4n) is 5.24. The molecule has 3 rings (SSSR count). The summed E-state index contributed by atoms with van der Waals surface area (Å²) < 4.78 is 11.4. The Hall–Kier alpha value is -4.23. The normalized spacial score (nSPS) is 10.7. The Kier molecular flexibility index (Phi) is 16.2. The summed E-state index contributed by atoms with van der Waals surface area (Å²) in [6.07, 6.45) is 23.0. The lowest BCUT2D eigenvalue weighted by atomic mass is 10.1. The van der Waals surface area contributed by atoms with Crippen LogP contribution in [0.2, 0.25) is 0 Å². The number of hydrogen-bond acceptors (Lipinski definition) is 7. The topological polar surface area (TPSA) is 109 Å². The van der Waals surface area contributed by atoms with Crippen molar-refractivity contribution < 1.29 is 14.3 Å². The fourth-order valence-corrected chi connectivity index (χ4v) is 5.24. The Bertz CT molecular complexity index is 1390. The Morgan fingerprint density at radius 1 is 0.667 bits per heavy atom. The molecule has 0 bridgehead atoms. The molecule has 0 saturated heterocycles. The van der Waals surface area contributed by atoms with E-state index in [1.807, 2.05) is 24.5 Å². The molecule has 1 heterocycles. The quantitative estimate of drug-likeness (QED) is 0.0672. The van der Waals surface area contributed by atoms with E-state index in [-0.39, 0.29) is 16.9 Å². The fraction of sp³-hybridized carbons (Fsp3) is 0.500. The van der Waals surface area contributed by atoms with Gasteiger partial charge in [0.15, 0.2) is 11.6 Å². The first-order chi connectivity index (χ1) is 22.1. The summed E-state index contributed by atoms with van der Waals surface area (Å²) in [6.45, 7) is 4.92. The van der Waals surface area contributed by atoms with Gasteiger partial charge in [-0.3, -0.25) is 0 Å². The number of nitrogens with zero attached hydrogens (tertiary/aromatic N) is 4. The van der Waals surface area contributed by atoms with Crippen LogP contribution in [-0.2, 0) is 6.42 Å². The van der Waals surface area contributed by atoms with E-state index in [1.165, 1.54) is 76.7 Å². The van der Waals surface area contributed by atoms with Crippen molar-refractivity contribution in [3.63, 3.8) is 0 Å². The van der Waals surface area contributed by atoms with Crippen molar-refractivity contribution in [3.8, 4) is 35.0 Å². The highest BCUT2D eigenvalue weighted by molar-refractivity contribution is 5.92. The van der Waals surface area contributed by atoms with Crippen molar-refractivity contribution in [2.45, 2.75) is 117 Å². The third-order valence-corrected chi connectivity index (χ3v) is 7.96. The smallest absolute Gasteiger partial charge is 0.343 e. The molecule has 0 aliphatic carbocycles. The summed E-state index contributed by atoms with van der Waals surface area (Å²) >= 11 is 0. The molecule has 0 N–H and O–H groups in total. The minimum absolute atomic E-state index is 0.0131. The van der Waals surface area contributed by atoms with E-state index >= 15 is 0 Å². The van der Waals surface area contributed by atoms with Gasteiger partial charge in [-0.15, -0.1) is 0 Å². The van der Waals surface area contributed by atoms with Gasteiger partial charge >= 0.3 is 5.97 Å². The lowest BCUT2D eigenvalue weighted by molar-refractivity contribution is 0.0734. The van der Waals surface area contributed by atoms with Crippen LogP contribution in [-0.4, -0.2) is 22.5 Å². The standard InChI is InChI=1S/C38H48N4O3/c1-3-5-7-9-11-13-15-17-25-44-35-23-24-36(34(27-40)33(35)26-39)45-38(43)32-21-19-31(20-22-32)37-41-28-30(29-42-37)18-16-14-12-10-8-6-4-2/h19-24,28-29H,3-18,25H2,1-2H3. The third kappa shape index (κ3) is 12.0. The van der Waals surface area contributed by atoms with Gasteiger partial charge in [0, 0.05) is 18.0 Å². The van der Waals surface area contributed by atoms with E-state index in [0.29, 0.717) is 23.7 Å². The van der Waals surface area contributed by atoms with E-state index in [4.69, 9.17) is 9.47 Å². The maximum absolute atomic E-state index is 12.9. The molecular formula is C38H48N4O3. The molecule has 0 radical (unpaired) electrons. The second-order valence-electron chi connectivity index (χ2n) is 11.6. The first kappa shape index (κ1) is 35.3. The van der Waals surface area contributed by atoms with Crippen molar-refractivity contribution in [2.75, 3.05) is 6.61 Å². The van der Waals surface area contributed by atoms with Crippen LogP contribution in [0.4, 0.5) is 0 Å². The molecular weight excluding hydrogens is 560 g/mol. The number of benzene rings is 2. The molecule has 1 aromatic heterocycles. The molecule has 238 valence electrons. The van der Waals surface area contributed by atoms with Crippen molar-refractivity contribution in [1.29, 1.82) is 10.5 Å². The zero-order valence-electron chi connectivity index (χ0n) is 27.2. The van der Waals surface area contributed by atoms with Crippen LogP contribution < -0.4 is 9.47 Å². The number of esters is 1. The summed E-state index contributed by atoms with van der Waals surface area (Å²) in [5.41, 5.74) is 2.29. The van der Waals surface area contributed by atoms with Crippen LogP contribution in [0.5, 0.6) is 11.5 Å². The molecule has 7 nitrogen and oxygen atoms in total. The van der Waals surface area contributed by atoms with E-state index in [2.05, 4.69) is 23.8 Å². The summed E-state index contributed by atoms with van der Waals surface area (Å²) in [7, 11) is 0. The minimum Gasteiger partial charge on any atom is -0.492 e. The SMILES string of the molecule is CCCCCCCCCCOc1ccc(OC(=O)c2ccc(-c3ncc(CCCCCCCCC)cn3)cc2)c(C#N)c1C#N. The first-order valence-electron chi connectivity index (χ1n) is 16.8. The van der Waals surface area contributed by atoms with Crippen LogP contribution in [0.15, 0.2) is 48.8 Å². The van der Waals surface area contributed by atoms with Crippen LogP contribution in [0.3, 0.4) is 0 Å². The number of carbonyl (C=O) groups is 1. The highest BCUT2D eigenvalue weighted by Crippen LogP contribution is 2.30. The number of hydrogen-bond donors (Lipinski definition) is 0. The molecule has 0 unspecified atom stereocenters. The zero-order valence-corrected chi connectivity index (χ0v) is 27.2. The van der Waals surface area contributed by atoms with Gasteiger partial charge in [0.05, 0.1) is 12.2 Å². The Balaban J connectivity index is 1.51. The van der Waals surface area contributed by atoms with E-state index in [9.17, 15) is 15.3 Å². The van der Waals surface area contributed by atoms with E-state index < -0.39 is 5.97 Å². The Morgan fingerprint density at radius 3 is 1.76 bits per heavy atom. The van der Waals surface area contributed by atoms with E-state index in [1.54, 1.807) is 30.3 Å². The molecule has 0 atom stereocenters. The largest absolute Gasteiger partial charge is 0.492 e. The van der Waals surface area contributed by atoms with Gasteiger partial charge in [0.1, 0.15) is 29.0 Å². The summed E-state index contributed by atoms with van der Waals surface area (Å²) in [6, 6.07) is 14.0. The van der Waals surface area contributed by atoms with Gasteiger partial charge in [0.25, 0.3) is 0 Å². The number of nitriles is 2. The van der Waals surface area contributed by atoms with Crippen molar-refractivity contribution in [3.05, 3.63) is 71.0 Å². The molecule has 0 saturated carbocycles. The average molecular weight is 609 g/mol. The third-order valence-electron chi connectivity index (χ3n) is 7.96. The maximum atomic E-state index is 12.9. The molecule has 45 heavy (non-hydrogen) atoms. The number of ether oxygens (including phenoxy) is 2. The molecule has 2 aromatic carbocycles. The number of rotatable bonds is 21. The van der Waals surface area contributed by atoms with Gasteiger partial charge in [-0.1, -0.05) is 109 Å². The maximum Gasteiger partial charge on any atom is 0.343 e. The number of carbonyl (C=O) groups excluding carboxylic acids is 1. The summed E-state index contributed by atoms with van der Waals surface area (Å²) in [4.78, 5) is 22.0. The molecule has 0 amide bonds. The van der Waals surface area contributed by atoms with Crippen LogP contribution >= 0.6 is 0 Å². The summed E-state index contributed by atoms with van der Waals surface area (Å²) in [5.74, 6) is 0.323. The van der Waals surface area contributed by atoms with Crippen LogP contribution in [0.1, 0.15) is 137 Å². The highest BCUT2D eigenvalue weighted by atomic mass is 16.5. The van der Waals surface area contributed by atoms with Gasteiger partial charge in [-0.05, 0) is 49.1 Å². The minimum atomic E-state index is -0.625. The lowest BCUT2D eigenvalue weighted by Gasteiger charge is -2.12. The highest BCUT2D eigenvalue weighted by Gasteiger charge is 2.19. The first-order valence-corrected chi connectivity index (χ1v) is 16.8. The van der Waals surface area contributed by atoms with Crippen LogP contribution in [0, 0.1) is 22.7 Å². The number of aromatic nitrogens is 2. The Morgan fingerprint density at radius 2 is 1.18 bits per heavy atom. The molecule has 0 aliphatic rings. The van der Waals surface area contributed by atoms with Crippen molar-refractivity contribution in [1.82, 2.24) is 9.97 Å². The molecule has 0 aliphatic heterocycles. The van der Waals surface area contributed by atoms with Gasteiger partial charge < -0.3 is 9.47 Å². The second-order valence-corrected chi connectivity index (χ2v) is 11.6. The van der Waals surface area contributed by atoms with Gasteiger partial charge in [0.2, 0.25) is 0 Å². The van der Waals surface area contributed by atoms with Crippen molar-refractivity contribution in [2.24, 2.45) is 0 Å². The predicted molar refractivity (Wildman–Crippen MR) is 178 cm³/mol. The predicted octanol–water partition coefficient (Wildman–Crippen LogP) is 9.92. The Labute approximate surface area is 269 Å². The second kappa shape index (κ2) is 20.7. The number of aryl methyl sites for hydroxylation is 1. The zero-order chi connectivity index (χ0) is 32.1. The molecule has 0 fully saturated rings. The van der Waals surface area contributed by atoms with Gasteiger partial charge in [-0.25, -0.2) is 14.8 Å². The van der Waals surface area contributed by atoms with E-state index in [0.717, 1.165) is 43.2 Å². The van der Waals surface area contributed by atoms with Gasteiger partial charge in [-0.2, -0.15) is 10.5 Å². The molecule has 7 heteroatoms. The van der Waals surface area contributed by atoms with Crippen molar-refractivity contribution >= 4 is 5.97 Å². The molecule has 3 aromatic rings.